The molecule has 1 atom stereocenters. The van der Waals surface area contributed by atoms with Crippen molar-refractivity contribution < 1.29 is 35.9 Å². The van der Waals surface area contributed by atoms with Gasteiger partial charge >= 0.3 is 15.5 Å². The van der Waals surface area contributed by atoms with Crippen LogP contribution in [0.25, 0.3) is 10.8 Å². The molecule has 8 nitrogen and oxygen atoms in total. The molecule has 0 saturated carbocycles. The SMILES string of the molecule is COc1cccc(C2(COc3cccc4cc(NS(=O)(=O)C(F)(F)F)ccc34)N=CNO2)c1. The van der Waals surface area contributed by atoms with Gasteiger partial charge in [-0.2, -0.15) is 21.6 Å². The lowest BCUT2D eigenvalue weighted by atomic mass is 10.0. The van der Waals surface area contributed by atoms with Gasteiger partial charge in [-0.3, -0.25) is 10.2 Å². The van der Waals surface area contributed by atoms with E-state index in [1.807, 2.05) is 0 Å². The molecular formula is C21H18F3N3O5S. The highest BCUT2D eigenvalue weighted by Crippen LogP contribution is 2.35. The zero-order valence-electron chi connectivity index (χ0n) is 17.1. The maximum Gasteiger partial charge on any atom is 0.516 e. The van der Waals surface area contributed by atoms with Gasteiger partial charge in [0.25, 0.3) is 0 Å². The third-order valence-corrected chi connectivity index (χ3v) is 6.01. The van der Waals surface area contributed by atoms with Gasteiger partial charge in [-0.15, -0.1) is 0 Å². The van der Waals surface area contributed by atoms with E-state index in [0.717, 1.165) is 0 Å². The lowest BCUT2D eigenvalue weighted by Crippen LogP contribution is -2.34. The summed E-state index contributed by atoms with van der Waals surface area (Å²) in [5.41, 5.74) is -3.57. The molecule has 0 bridgehead atoms. The van der Waals surface area contributed by atoms with Gasteiger partial charge in [-0.05, 0) is 41.8 Å². The van der Waals surface area contributed by atoms with Crippen LogP contribution in [0.4, 0.5) is 18.9 Å². The summed E-state index contributed by atoms with van der Waals surface area (Å²) in [6.07, 6.45) is 1.39. The average molecular weight is 481 g/mol. The fourth-order valence-electron chi connectivity index (χ4n) is 3.26. The first-order chi connectivity index (χ1) is 15.6. The molecule has 174 valence electrons. The first kappa shape index (κ1) is 22.7. The summed E-state index contributed by atoms with van der Waals surface area (Å²) in [5, 5.41) is 1.03. The maximum atomic E-state index is 12.7. The molecule has 3 aromatic carbocycles. The van der Waals surface area contributed by atoms with E-state index in [4.69, 9.17) is 14.3 Å². The Kier molecular flexibility index (Phi) is 5.80. The fraction of sp³-hybridized carbons (Fsp3) is 0.190. The number of anilines is 1. The third-order valence-electron chi connectivity index (χ3n) is 4.90. The van der Waals surface area contributed by atoms with Crippen molar-refractivity contribution in [2.24, 2.45) is 4.99 Å². The van der Waals surface area contributed by atoms with Gasteiger partial charge in [0.2, 0.25) is 5.72 Å². The van der Waals surface area contributed by atoms with Crippen molar-refractivity contribution in [3.8, 4) is 11.5 Å². The summed E-state index contributed by atoms with van der Waals surface area (Å²) in [5.74, 6) is 1.02. The summed E-state index contributed by atoms with van der Waals surface area (Å²) in [6.45, 7) is -0.0365. The molecule has 33 heavy (non-hydrogen) atoms. The Balaban J connectivity index is 1.60. The van der Waals surface area contributed by atoms with Crippen LogP contribution in [0.1, 0.15) is 5.56 Å². The zero-order valence-corrected chi connectivity index (χ0v) is 17.9. The second-order valence-electron chi connectivity index (χ2n) is 7.03. The molecule has 0 saturated heterocycles. The summed E-state index contributed by atoms with van der Waals surface area (Å²) in [7, 11) is -3.99. The lowest BCUT2D eigenvalue weighted by molar-refractivity contribution is -0.0843. The van der Waals surface area contributed by atoms with E-state index in [1.54, 1.807) is 49.6 Å². The van der Waals surface area contributed by atoms with E-state index < -0.39 is 21.3 Å². The number of alkyl halides is 3. The Morgan fingerprint density at radius 3 is 2.61 bits per heavy atom. The number of rotatable bonds is 7. The number of methoxy groups -OCH3 is 1. The summed E-state index contributed by atoms with van der Waals surface area (Å²) >= 11 is 0. The molecule has 1 aliphatic rings. The lowest BCUT2D eigenvalue weighted by Gasteiger charge is -2.25. The van der Waals surface area contributed by atoms with Crippen LogP contribution in [0.3, 0.4) is 0 Å². The third kappa shape index (κ3) is 4.52. The summed E-state index contributed by atoms with van der Waals surface area (Å²) in [4.78, 5) is 9.99. The van der Waals surface area contributed by atoms with Gasteiger partial charge in [0.1, 0.15) is 24.4 Å². The Morgan fingerprint density at radius 1 is 1.12 bits per heavy atom. The number of benzene rings is 3. The van der Waals surface area contributed by atoms with E-state index in [-0.39, 0.29) is 12.3 Å². The van der Waals surface area contributed by atoms with Crippen molar-refractivity contribution in [3.63, 3.8) is 0 Å². The molecule has 0 amide bonds. The normalized spacial score (nSPS) is 18.2. The summed E-state index contributed by atoms with van der Waals surface area (Å²) in [6, 6.07) is 16.0. The predicted molar refractivity (Wildman–Crippen MR) is 115 cm³/mol. The Labute approximate surface area is 187 Å². The van der Waals surface area contributed by atoms with Crippen LogP contribution in [0.2, 0.25) is 0 Å². The monoisotopic (exact) mass is 481 g/mol. The Hall–Kier alpha value is -3.51. The number of nitrogens with one attached hydrogen (secondary N) is 2. The van der Waals surface area contributed by atoms with E-state index in [1.165, 1.54) is 29.3 Å². The van der Waals surface area contributed by atoms with Gasteiger partial charge in [-0.25, -0.2) is 9.83 Å². The number of ether oxygens (including phenoxy) is 2. The van der Waals surface area contributed by atoms with Crippen LogP contribution in [-0.2, 0) is 20.6 Å². The smallest absolute Gasteiger partial charge is 0.497 e. The van der Waals surface area contributed by atoms with Crippen molar-refractivity contribution in [3.05, 3.63) is 66.2 Å². The average Bonchev–Trinajstić information content (AvgIpc) is 3.27. The van der Waals surface area contributed by atoms with Crippen LogP contribution in [0.5, 0.6) is 11.5 Å². The van der Waals surface area contributed by atoms with Crippen molar-refractivity contribution >= 4 is 32.8 Å². The van der Waals surface area contributed by atoms with E-state index >= 15 is 0 Å². The minimum Gasteiger partial charge on any atom is -0.497 e. The van der Waals surface area contributed by atoms with Crippen LogP contribution in [-0.4, -0.2) is 34.0 Å². The fourth-order valence-corrected chi connectivity index (χ4v) is 3.82. The molecule has 0 spiro atoms. The first-order valence-corrected chi connectivity index (χ1v) is 11.0. The van der Waals surface area contributed by atoms with E-state index in [2.05, 4.69) is 10.5 Å². The molecule has 12 heteroatoms. The van der Waals surface area contributed by atoms with Gasteiger partial charge in [0, 0.05) is 16.6 Å². The number of hydroxylamine groups is 1. The molecule has 1 heterocycles. The van der Waals surface area contributed by atoms with Crippen molar-refractivity contribution in [1.82, 2.24) is 5.48 Å². The molecule has 1 aliphatic heterocycles. The molecule has 0 fully saturated rings. The van der Waals surface area contributed by atoms with Crippen molar-refractivity contribution in [2.45, 2.75) is 11.2 Å². The predicted octanol–water partition coefficient (Wildman–Crippen LogP) is 3.90. The van der Waals surface area contributed by atoms with Crippen molar-refractivity contribution in [2.75, 3.05) is 18.4 Å². The molecule has 2 N–H and O–H groups in total. The standard InChI is InChI=1S/C21H18F3N3O5S/c1-30-17-6-3-5-15(11-17)20(25-13-26-32-20)12-31-19-7-2-4-14-10-16(8-9-18(14)19)27-33(28,29)21(22,23)24/h2-11,13,27H,12H2,1H3,(H,25,26). The molecule has 4 rings (SSSR count). The van der Waals surface area contributed by atoms with Gasteiger partial charge in [0.15, 0.2) is 0 Å². The quantitative estimate of drug-likeness (QED) is 0.531. The number of nitrogens with zero attached hydrogens (tertiary/aromatic N) is 1. The molecule has 0 aromatic heterocycles. The molecule has 1 unspecified atom stereocenters. The van der Waals surface area contributed by atoms with Crippen molar-refractivity contribution in [1.29, 1.82) is 0 Å². The highest BCUT2D eigenvalue weighted by atomic mass is 32.2. The molecular weight excluding hydrogens is 463 g/mol. The van der Waals surface area contributed by atoms with Crippen LogP contribution in [0, 0.1) is 0 Å². The van der Waals surface area contributed by atoms with Crippen LogP contribution < -0.4 is 19.7 Å². The van der Waals surface area contributed by atoms with Gasteiger partial charge < -0.3 is 9.47 Å². The number of halogens is 3. The second kappa shape index (κ2) is 8.45. The number of aliphatic imine (C=N–C) groups is 1. The molecule has 0 radical (unpaired) electrons. The maximum absolute atomic E-state index is 12.7. The first-order valence-electron chi connectivity index (χ1n) is 9.50. The number of sulfonamides is 1. The van der Waals surface area contributed by atoms with Crippen LogP contribution >= 0.6 is 0 Å². The Morgan fingerprint density at radius 2 is 1.91 bits per heavy atom. The van der Waals surface area contributed by atoms with Gasteiger partial charge in [-0.1, -0.05) is 24.3 Å². The van der Waals surface area contributed by atoms with E-state index in [9.17, 15) is 21.6 Å². The summed E-state index contributed by atoms with van der Waals surface area (Å²) < 4.78 is 73.5. The second-order valence-corrected chi connectivity index (χ2v) is 8.70. The minimum absolute atomic E-state index is 0.0365. The van der Waals surface area contributed by atoms with E-state index in [0.29, 0.717) is 27.8 Å². The largest absolute Gasteiger partial charge is 0.516 e. The number of fused-ring (bicyclic) bond motifs is 1. The zero-order chi connectivity index (χ0) is 23.7. The number of hydrogen-bond donors (Lipinski definition) is 2. The highest BCUT2D eigenvalue weighted by molar-refractivity contribution is 7.93. The van der Waals surface area contributed by atoms with Crippen LogP contribution in [0.15, 0.2) is 65.7 Å². The highest BCUT2D eigenvalue weighted by Gasteiger charge is 2.46. The minimum atomic E-state index is -5.53. The number of hydrogen-bond acceptors (Lipinski definition) is 7. The Bertz CT molecular complexity index is 1310. The topological polar surface area (TPSA) is 98.2 Å². The molecule has 0 aliphatic carbocycles. The molecule has 3 aromatic rings. The van der Waals surface area contributed by atoms with Gasteiger partial charge in [0.05, 0.1) is 7.11 Å².